The molecule has 2 rings (SSSR count). The smallest absolute Gasteiger partial charge is 0.236 e. The SMILES string of the molecule is ClCc1coc(-c2ccc(Cl)s2)n1. The number of halogens is 2. The zero-order chi connectivity index (χ0) is 9.26. The molecule has 0 amide bonds. The molecule has 0 unspecified atom stereocenters. The van der Waals surface area contributed by atoms with Gasteiger partial charge in [-0.25, -0.2) is 4.98 Å². The van der Waals surface area contributed by atoms with Gasteiger partial charge < -0.3 is 4.42 Å². The lowest BCUT2D eigenvalue weighted by Gasteiger charge is -1.84. The Morgan fingerprint density at radius 2 is 2.31 bits per heavy atom. The van der Waals surface area contributed by atoms with Crippen molar-refractivity contribution in [2.75, 3.05) is 0 Å². The number of nitrogens with zero attached hydrogens (tertiary/aromatic N) is 1. The largest absolute Gasteiger partial charge is 0.444 e. The van der Waals surface area contributed by atoms with Gasteiger partial charge in [0.25, 0.3) is 0 Å². The van der Waals surface area contributed by atoms with Crippen LogP contribution in [0.1, 0.15) is 5.69 Å². The van der Waals surface area contributed by atoms with Crippen LogP contribution in [-0.4, -0.2) is 4.98 Å². The Morgan fingerprint density at radius 1 is 1.46 bits per heavy atom. The van der Waals surface area contributed by atoms with E-state index in [0.717, 1.165) is 14.9 Å². The molecule has 0 saturated carbocycles. The molecule has 0 aromatic carbocycles. The van der Waals surface area contributed by atoms with Crippen molar-refractivity contribution < 1.29 is 4.42 Å². The van der Waals surface area contributed by atoms with Crippen molar-refractivity contribution in [1.29, 1.82) is 0 Å². The van der Waals surface area contributed by atoms with Crippen LogP contribution >= 0.6 is 34.5 Å². The topological polar surface area (TPSA) is 26.0 Å². The quantitative estimate of drug-likeness (QED) is 0.738. The molecule has 0 bridgehead atoms. The van der Waals surface area contributed by atoms with E-state index in [4.69, 9.17) is 27.6 Å². The highest BCUT2D eigenvalue weighted by Crippen LogP contribution is 2.30. The van der Waals surface area contributed by atoms with Gasteiger partial charge in [0.05, 0.1) is 20.8 Å². The van der Waals surface area contributed by atoms with Crippen molar-refractivity contribution >= 4 is 34.5 Å². The van der Waals surface area contributed by atoms with Crippen LogP contribution in [0, 0.1) is 0 Å². The molecule has 68 valence electrons. The van der Waals surface area contributed by atoms with Crippen molar-refractivity contribution in [3.8, 4) is 10.8 Å². The summed E-state index contributed by atoms with van der Waals surface area (Å²) < 4.78 is 5.93. The van der Waals surface area contributed by atoms with Crippen molar-refractivity contribution in [3.63, 3.8) is 0 Å². The number of aromatic nitrogens is 1. The van der Waals surface area contributed by atoms with Gasteiger partial charge in [-0.15, -0.1) is 22.9 Å². The van der Waals surface area contributed by atoms with E-state index in [1.54, 1.807) is 6.26 Å². The Morgan fingerprint density at radius 3 is 2.85 bits per heavy atom. The molecule has 5 heteroatoms. The molecule has 0 aliphatic rings. The third-order valence-corrected chi connectivity index (χ3v) is 2.97. The highest BCUT2D eigenvalue weighted by molar-refractivity contribution is 7.19. The fourth-order valence-corrected chi connectivity index (χ4v) is 2.01. The van der Waals surface area contributed by atoms with Crippen LogP contribution in [0.25, 0.3) is 10.8 Å². The number of hydrogen-bond donors (Lipinski definition) is 0. The van der Waals surface area contributed by atoms with Crippen LogP contribution in [-0.2, 0) is 5.88 Å². The molecule has 2 aromatic rings. The molecule has 0 fully saturated rings. The highest BCUT2D eigenvalue weighted by atomic mass is 35.5. The minimum absolute atomic E-state index is 0.364. The lowest BCUT2D eigenvalue weighted by Crippen LogP contribution is -1.75. The summed E-state index contributed by atoms with van der Waals surface area (Å²) in [4.78, 5) is 5.08. The molecule has 0 aliphatic carbocycles. The maximum atomic E-state index is 5.77. The maximum Gasteiger partial charge on any atom is 0.236 e. The predicted octanol–water partition coefficient (Wildman–Crippen LogP) is 3.80. The summed E-state index contributed by atoms with van der Waals surface area (Å²) in [6.45, 7) is 0. The summed E-state index contributed by atoms with van der Waals surface area (Å²) in [7, 11) is 0. The van der Waals surface area contributed by atoms with Gasteiger partial charge in [0.15, 0.2) is 0 Å². The van der Waals surface area contributed by atoms with Gasteiger partial charge in [0, 0.05) is 0 Å². The normalized spacial score (nSPS) is 10.6. The average Bonchev–Trinajstić information content (AvgIpc) is 2.71. The van der Waals surface area contributed by atoms with Crippen molar-refractivity contribution in [3.05, 3.63) is 28.4 Å². The zero-order valence-electron chi connectivity index (χ0n) is 6.46. The first-order valence-corrected chi connectivity index (χ1v) is 5.28. The highest BCUT2D eigenvalue weighted by Gasteiger charge is 2.07. The standard InChI is InChI=1S/C8H5Cl2NOS/c9-3-5-4-12-8(11-5)6-1-2-7(10)13-6/h1-2,4H,3H2. The molecule has 2 aromatic heterocycles. The maximum absolute atomic E-state index is 5.77. The second-order valence-corrected chi connectivity index (χ2v) is 4.36. The molecule has 0 spiro atoms. The Hall–Kier alpha value is -0.510. The third kappa shape index (κ3) is 1.88. The first-order valence-electron chi connectivity index (χ1n) is 3.55. The number of thiophene rings is 1. The molecular weight excluding hydrogens is 229 g/mol. The second kappa shape index (κ2) is 3.70. The van der Waals surface area contributed by atoms with E-state index in [9.17, 15) is 0 Å². The van der Waals surface area contributed by atoms with Crippen LogP contribution < -0.4 is 0 Å². The summed E-state index contributed by atoms with van der Waals surface area (Å²) in [5.74, 6) is 0.940. The molecule has 0 radical (unpaired) electrons. The summed E-state index contributed by atoms with van der Waals surface area (Å²) in [5.41, 5.74) is 0.737. The van der Waals surface area contributed by atoms with Crippen LogP contribution in [0.5, 0.6) is 0 Å². The van der Waals surface area contributed by atoms with Gasteiger partial charge in [-0.1, -0.05) is 11.6 Å². The van der Waals surface area contributed by atoms with Gasteiger partial charge in [0.2, 0.25) is 5.89 Å². The molecule has 0 N–H and O–H groups in total. The van der Waals surface area contributed by atoms with Crippen LogP contribution in [0.4, 0.5) is 0 Å². The number of hydrogen-bond acceptors (Lipinski definition) is 3. The lowest BCUT2D eigenvalue weighted by atomic mass is 10.5. The predicted molar refractivity (Wildman–Crippen MR) is 54.4 cm³/mol. The minimum atomic E-state index is 0.364. The molecule has 2 heterocycles. The molecule has 2 nitrogen and oxygen atoms in total. The zero-order valence-corrected chi connectivity index (χ0v) is 8.79. The summed E-state index contributed by atoms with van der Waals surface area (Å²) in [6, 6.07) is 3.68. The van der Waals surface area contributed by atoms with Gasteiger partial charge >= 0.3 is 0 Å². The van der Waals surface area contributed by atoms with E-state index in [1.807, 2.05) is 12.1 Å². The summed E-state index contributed by atoms with van der Waals surface area (Å²) in [6.07, 6.45) is 1.55. The van der Waals surface area contributed by atoms with Crippen molar-refractivity contribution in [1.82, 2.24) is 4.98 Å². The molecule has 0 atom stereocenters. The Bertz CT molecular complexity index is 410. The lowest BCUT2D eigenvalue weighted by molar-refractivity contribution is 0.575. The van der Waals surface area contributed by atoms with E-state index in [-0.39, 0.29) is 0 Å². The van der Waals surface area contributed by atoms with E-state index in [2.05, 4.69) is 4.98 Å². The Balaban J connectivity index is 2.35. The summed E-state index contributed by atoms with van der Waals surface area (Å²) >= 11 is 12.8. The average molecular weight is 234 g/mol. The first-order chi connectivity index (χ1) is 6.29. The molecule has 0 aliphatic heterocycles. The first kappa shape index (κ1) is 9.06. The summed E-state index contributed by atoms with van der Waals surface area (Å²) in [5, 5.41) is 0. The Kier molecular flexibility index (Phi) is 2.58. The molecular formula is C8H5Cl2NOS. The van der Waals surface area contributed by atoms with Crippen molar-refractivity contribution in [2.24, 2.45) is 0 Å². The monoisotopic (exact) mass is 233 g/mol. The Labute approximate surface area is 89.1 Å². The van der Waals surface area contributed by atoms with E-state index >= 15 is 0 Å². The van der Waals surface area contributed by atoms with Crippen LogP contribution in [0.3, 0.4) is 0 Å². The van der Waals surface area contributed by atoms with E-state index in [1.165, 1.54) is 11.3 Å². The fourth-order valence-electron chi connectivity index (χ4n) is 0.911. The van der Waals surface area contributed by atoms with Gasteiger partial charge in [-0.05, 0) is 12.1 Å². The molecule has 0 saturated heterocycles. The van der Waals surface area contributed by atoms with E-state index in [0.29, 0.717) is 11.8 Å². The number of rotatable bonds is 2. The minimum Gasteiger partial charge on any atom is -0.444 e. The fraction of sp³-hybridized carbons (Fsp3) is 0.125. The second-order valence-electron chi connectivity index (χ2n) is 2.38. The molecule has 13 heavy (non-hydrogen) atoms. The van der Waals surface area contributed by atoms with Gasteiger partial charge in [0.1, 0.15) is 6.26 Å². The van der Waals surface area contributed by atoms with Gasteiger partial charge in [-0.3, -0.25) is 0 Å². The number of alkyl halides is 1. The van der Waals surface area contributed by atoms with Crippen LogP contribution in [0.15, 0.2) is 22.8 Å². The van der Waals surface area contributed by atoms with Crippen molar-refractivity contribution in [2.45, 2.75) is 5.88 Å². The number of oxazole rings is 1. The van der Waals surface area contributed by atoms with E-state index < -0.39 is 0 Å². The van der Waals surface area contributed by atoms with Crippen LogP contribution in [0.2, 0.25) is 4.34 Å². The third-order valence-electron chi connectivity index (χ3n) is 1.47. The van der Waals surface area contributed by atoms with Gasteiger partial charge in [-0.2, -0.15) is 0 Å².